The van der Waals surface area contributed by atoms with Crippen LogP contribution in [-0.2, 0) is 4.74 Å². The van der Waals surface area contributed by atoms with Crippen molar-refractivity contribution in [2.24, 2.45) is 17.6 Å². The van der Waals surface area contributed by atoms with Crippen LogP contribution in [0.25, 0.3) is 5.65 Å². The highest BCUT2D eigenvalue weighted by atomic mass is 16.5. The van der Waals surface area contributed by atoms with Crippen molar-refractivity contribution in [2.45, 2.75) is 59.3 Å². The van der Waals surface area contributed by atoms with E-state index in [1.165, 1.54) is 37.4 Å². The average Bonchev–Trinajstić information content (AvgIpc) is 3.29. The van der Waals surface area contributed by atoms with E-state index in [9.17, 15) is 0 Å². The quantitative estimate of drug-likeness (QED) is 0.336. The molecule has 8 heteroatoms. The Morgan fingerprint density at radius 1 is 1.14 bits per heavy atom. The molecular weight excluding hydrogens is 462 g/mol. The molecule has 0 radical (unpaired) electrons. The van der Waals surface area contributed by atoms with Crippen LogP contribution < -0.4 is 21.7 Å². The first-order valence-electron chi connectivity index (χ1n) is 13.6. The highest BCUT2D eigenvalue weighted by Gasteiger charge is 2.41. The third-order valence-electron chi connectivity index (χ3n) is 6.06. The molecule has 1 aliphatic heterocycles. The van der Waals surface area contributed by atoms with E-state index in [4.69, 9.17) is 9.72 Å². The fourth-order valence-corrected chi connectivity index (χ4v) is 3.88. The number of fused-ring (bicyclic) bond motifs is 2. The Labute approximate surface area is 224 Å². The van der Waals surface area contributed by atoms with Crippen molar-refractivity contribution in [3.63, 3.8) is 0 Å². The summed E-state index contributed by atoms with van der Waals surface area (Å²) in [5.74, 6) is 4.25. The van der Waals surface area contributed by atoms with Crippen molar-refractivity contribution in [1.82, 2.24) is 19.9 Å². The lowest BCUT2D eigenvalue weighted by Gasteiger charge is -2.24. The molecule has 8 nitrogen and oxygen atoms in total. The zero-order valence-electron chi connectivity index (χ0n) is 23.8. The predicted octanol–water partition coefficient (Wildman–Crippen LogP) is 6.05. The molecule has 0 bridgehead atoms. The minimum Gasteiger partial charge on any atom is -0.405 e. The molecule has 2 unspecified atom stereocenters. The summed E-state index contributed by atoms with van der Waals surface area (Å²) in [6.07, 6.45) is 15.9. The number of hydrogen-bond acceptors (Lipinski definition) is 7. The number of nitrogens with two attached hydrogens (primary N) is 1. The number of anilines is 2. The molecule has 2 aromatic heterocycles. The number of rotatable bonds is 7. The Kier molecular flexibility index (Phi) is 15.5. The zero-order chi connectivity index (χ0) is 27.6. The highest BCUT2D eigenvalue weighted by molar-refractivity contribution is 5.62. The van der Waals surface area contributed by atoms with E-state index in [1.54, 1.807) is 6.08 Å². The molecule has 2 aromatic rings. The van der Waals surface area contributed by atoms with Crippen LogP contribution in [0.5, 0.6) is 0 Å². The lowest BCUT2D eigenvalue weighted by Crippen LogP contribution is -2.10. The Hall–Kier alpha value is -3.26. The molecule has 2 saturated carbocycles. The monoisotopic (exact) mass is 511 g/mol. The van der Waals surface area contributed by atoms with Gasteiger partial charge < -0.3 is 26.4 Å². The van der Waals surface area contributed by atoms with Gasteiger partial charge in [-0.2, -0.15) is 9.61 Å². The fourth-order valence-electron chi connectivity index (χ4n) is 3.88. The molecule has 0 aromatic carbocycles. The first-order valence-corrected chi connectivity index (χ1v) is 13.6. The van der Waals surface area contributed by atoms with Crippen LogP contribution in [0.2, 0.25) is 0 Å². The second-order valence-corrected chi connectivity index (χ2v) is 8.37. The molecule has 1 saturated heterocycles. The summed E-state index contributed by atoms with van der Waals surface area (Å²) < 4.78 is 6.98. The van der Waals surface area contributed by atoms with Gasteiger partial charge in [0.1, 0.15) is 11.6 Å². The van der Waals surface area contributed by atoms with Crippen LogP contribution >= 0.6 is 0 Å². The molecule has 5 rings (SSSR count). The average molecular weight is 512 g/mol. The summed E-state index contributed by atoms with van der Waals surface area (Å²) in [5.41, 5.74) is 7.65. The van der Waals surface area contributed by atoms with Gasteiger partial charge in [0.15, 0.2) is 5.65 Å². The summed E-state index contributed by atoms with van der Waals surface area (Å²) in [4.78, 5) is 4.78. The third kappa shape index (κ3) is 9.61. The van der Waals surface area contributed by atoms with Crippen LogP contribution in [0.15, 0.2) is 61.7 Å². The van der Waals surface area contributed by atoms with E-state index >= 15 is 0 Å². The van der Waals surface area contributed by atoms with Gasteiger partial charge in [-0.05, 0) is 67.6 Å². The lowest BCUT2D eigenvalue weighted by molar-refractivity contribution is 0.165. The van der Waals surface area contributed by atoms with Crippen LogP contribution in [0.3, 0.4) is 0 Å². The minimum atomic E-state index is 0.586. The number of ether oxygens (including phenoxy) is 1. The topological polar surface area (TPSA) is 102 Å². The van der Waals surface area contributed by atoms with Gasteiger partial charge in [-0.25, -0.2) is 4.98 Å². The highest BCUT2D eigenvalue weighted by Crippen LogP contribution is 2.43. The minimum absolute atomic E-state index is 0.586. The molecule has 0 amide bonds. The molecule has 3 heterocycles. The summed E-state index contributed by atoms with van der Waals surface area (Å²) in [6, 6.07) is 1.95. The van der Waals surface area contributed by atoms with Crippen molar-refractivity contribution >= 4 is 17.3 Å². The van der Waals surface area contributed by atoms with E-state index in [0.717, 1.165) is 48.0 Å². The van der Waals surface area contributed by atoms with Crippen LogP contribution in [-0.4, -0.2) is 41.9 Å². The third-order valence-corrected chi connectivity index (χ3v) is 6.06. The van der Waals surface area contributed by atoms with E-state index in [1.807, 2.05) is 76.9 Å². The van der Waals surface area contributed by atoms with Gasteiger partial charge in [-0.15, -0.1) is 0 Å². The molecular formula is C29H49N7O. The molecule has 5 N–H and O–H groups in total. The molecule has 3 fully saturated rings. The zero-order valence-corrected chi connectivity index (χ0v) is 23.8. The van der Waals surface area contributed by atoms with Crippen LogP contribution in [0.1, 0.15) is 64.9 Å². The molecule has 2 atom stereocenters. The molecule has 2 aliphatic carbocycles. The Morgan fingerprint density at radius 2 is 1.78 bits per heavy atom. The summed E-state index contributed by atoms with van der Waals surface area (Å²) in [6.45, 7) is 17.1. The Morgan fingerprint density at radius 3 is 2.22 bits per heavy atom. The Bertz CT molecular complexity index is 984. The summed E-state index contributed by atoms with van der Waals surface area (Å²) >= 11 is 0. The molecule has 3 aliphatic rings. The number of aromatic nitrogens is 3. The van der Waals surface area contributed by atoms with Crippen molar-refractivity contribution in [2.75, 3.05) is 37.9 Å². The fraction of sp³-hybridized carbons (Fsp3) is 0.517. The van der Waals surface area contributed by atoms with Gasteiger partial charge in [0.2, 0.25) is 0 Å². The Balaban J connectivity index is 0.000000433. The summed E-state index contributed by atoms with van der Waals surface area (Å²) in [5, 5.41) is 14.0. The van der Waals surface area contributed by atoms with Gasteiger partial charge in [0.25, 0.3) is 0 Å². The largest absolute Gasteiger partial charge is 0.405 e. The predicted molar refractivity (Wildman–Crippen MR) is 159 cm³/mol. The molecule has 37 heavy (non-hydrogen) atoms. The number of allylic oxidation sites excluding steroid dienone is 3. The van der Waals surface area contributed by atoms with Crippen molar-refractivity contribution in [1.29, 1.82) is 0 Å². The van der Waals surface area contributed by atoms with Gasteiger partial charge in [0, 0.05) is 44.6 Å². The van der Waals surface area contributed by atoms with Gasteiger partial charge >= 0.3 is 0 Å². The van der Waals surface area contributed by atoms with Crippen molar-refractivity contribution in [3.05, 3.63) is 67.3 Å². The van der Waals surface area contributed by atoms with Crippen molar-refractivity contribution in [3.8, 4) is 0 Å². The maximum Gasteiger partial charge on any atom is 0.163 e. The van der Waals surface area contributed by atoms with E-state index in [-0.39, 0.29) is 0 Å². The lowest BCUT2D eigenvalue weighted by atomic mass is 9.81. The normalized spacial score (nSPS) is 19.1. The second-order valence-electron chi connectivity index (χ2n) is 8.37. The van der Waals surface area contributed by atoms with E-state index in [2.05, 4.69) is 39.9 Å². The number of hydrogen-bond donors (Lipinski definition) is 4. The van der Waals surface area contributed by atoms with Crippen LogP contribution in [0.4, 0.5) is 11.6 Å². The van der Waals surface area contributed by atoms with Gasteiger partial charge in [-0.3, -0.25) is 0 Å². The van der Waals surface area contributed by atoms with Crippen LogP contribution in [0, 0.1) is 11.8 Å². The molecule has 0 spiro atoms. The standard InChI is InChI=1S/C18H24N6.C5H8O.C2H5N.2C2H6/c1-4-14(9-6-10-19-2)22-16-11-17(20-3)24-18(23-16)15(12-21-24)13-7-5-8-13;1-4-2-6-3-5(1)4;1-2-3;2*1-2/h4,6,9-13,19-20H,1,5,7-8H2,2-3H3,(H,22,23);4-5H,1-3H2;2H,1,3H2;2*1-2H3/b10-6-,14-9+;;;;. The van der Waals surface area contributed by atoms with Gasteiger partial charge in [-0.1, -0.05) is 47.3 Å². The molecule has 206 valence electrons. The van der Waals surface area contributed by atoms with E-state index in [0.29, 0.717) is 5.92 Å². The second kappa shape index (κ2) is 18.1. The maximum absolute atomic E-state index is 5.11. The maximum atomic E-state index is 5.11. The summed E-state index contributed by atoms with van der Waals surface area (Å²) in [7, 11) is 3.75. The smallest absolute Gasteiger partial charge is 0.163 e. The first kappa shape index (κ1) is 31.8. The SMILES string of the molecule is C1OCC2CC12.C=C/C(=C\C=C/NC)Nc1cc(NC)n2ncc(C3CCC3)c2n1.C=CN.CC.CC. The van der Waals surface area contributed by atoms with E-state index < -0.39 is 0 Å². The number of nitrogens with one attached hydrogen (secondary N) is 3. The number of nitrogens with zero attached hydrogens (tertiary/aromatic N) is 3. The van der Waals surface area contributed by atoms with Gasteiger partial charge in [0.05, 0.1) is 6.20 Å². The first-order chi connectivity index (χ1) is 18.1. The van der Waals surface area contributed by atoms with Crippen molar-refractivity contribution < 1.29 is 4.74 Å².